The molecule has 2 rings (SSSR count). The molecule has 1 saturated heterocycles. The maximum absolute atomic E-state index is 12.0. The number of methoxy groups -OCH3 is 2. The van der Waals surface area contributed by atoms with Gasteiger partial charge in [-0.2, -0.15) is 5.26 Å². The van der Waals surface area contributed by atoms with E-state index in [4.69, 9.17) is 4.74 Å². The van der Waals surface area contributed by atoms with Gasteiger partial charge in [0.05, 0.1) is 14.2 Å². The molecule has 7 nitrogen and oxygen atoms in total. The van der Waals surface area contributed by atoms with Crippen LogP contribution in [0.25, 0.3) is 0 Å². The fourth-order valence-corrected chi connectivity index (χ4v) is 2.72. The van der Waals surface area contributed by atoms with Crippen LogP contribution in [0.5, 0.6) is 0 Å². The molecule has 0 bridgehead atoms. The molecule has 2 heterocycles. The van der Waals surface area contributed by atoms with Crippen molar-refractivity contribution in [3.8, 4) is 6.07 Å². The first-order valence-corrected chi connectivity index (χ1v) is 6.50. The van der Waals surface area contributed by atoms with Crippen LogP contribution in [-0.2, 0) is 19.1 Å². The quantitative estimate of drug-likeness (QED) is 0.666. The van der Waals surface area contributed by atoms with Gasteiger partial charge in [0.15, 0.2) is 0 Å². The molecule has 20 heavy (non-hydrogen) atoms. The number of ether oxygens (including phenoxy) is 2. The number of likely N-dealkylation sites (tertiary alicyclic amines) is 1. The number of amidine groups is 1. The third-order valence-electron chi connectivity index (χ3n) is 3.82. The highest BCUT2D eigenvalue weighted by atomic mass is 16.5. The maximum Gasteiger partial charge on any atom is 0.349 e. The van der Waals surface area contributed by atoms with Crippen molar-refractivity contribution in [3.63, 3.8) is 0 Å². The summed E-state index contributed by atoms with van der Waals surface area (Å²) in [5.41, 5.74) is -1.82. The first-order valence-electron chi connectivity index (χ1n) is 6.50. The van der Waals surface area contributed by atoms with Gasteiger partial charge in [0.1, 0.15) is 17.8 Å². The van der Waals surface area contributed by atoms with Gasteiger partial charge < -0.3 is 14.4 Å². The van der Waals surface area contributed by atoms with Gasteiger partial charge in [0, 0.05) is 19.5 Å². The molecule has 2 aliphatic rings. The van der Waals surface area contributed by atoms with Crippen LogP contribution in [0.15, 0.2) is 4.99 Å². The summed E-state index contributed by atoms with van der Waals surface area (Å²) in [5, 5.41) is 9.41. The zero-order valence-corrected chi connectivity index (χ0v) is 11.6. The second kappa shape index (κ2) is 5.49. The molecule has 0 spiro atoms. The number of carbonyl (C=O) groups is 2. The number of carbonyl (C=O) groups excluding carboxylic acids is 2. The highest BCUT2D eigenvalue weighted by Gasteiger charge is 2.57. The zero-order valence-electron chi connectivity index (χ0n) is 11.6. The summed E-state index contributed by atoms with van der Waals surface area (Å²) in [6.07, 6.45) is 2.31. The van der Waals surface area contributed by atoms with Crippen molar-refractivity contribution in [2.45, 2.75) is 24.8 Å². The summed E-state index contributed by atoms with van der Waals surface area (Å²) in [7, 11) is 2.41. The van der Waals surface area contributed by atoms with Crippen LogP contribution in [-0.4, -0.2) is 55.5 Å². The summed E-state index contributed by atoms with van der Waals surface area (Å²) in [6, 6.07) is 1.86. The highest BCUT2D eigenvalue weighted by molar-refractivity contribution is 6.01. The largest absolute Gasteiger partial charge is 0.469 e. The van der Waals surface area contributed by atoms with Crippen molar-refractivity contribution in [1.82, 2.24) is 4.90 Å². The molecule has 0 aromatic heterocycles. The minimum absolute atomic E-state index is 0.231. The van der Waals surface area contributed by atoms with E-state index in [9.17, 15) is 14.9 Å². The van der Waals surface area contributed by atoms with E-state index in [2.05, 4.69) is 9.73 Å². The third-order valence-corrected chi connectivity index (χ3v) is 3.82. The molecule has 108 valence electrons. The molecule has 0 aliphatic carbocycles. The van der Waals surface area contributed by atoms with E-state index in [1.807, 2.05) is 11.0 Å². The monoisotopic (exact) mass is 279 g/mol. The lowest BCUT2D eigenvalue weighted by atomic mass is 9.86. The van der Waals surface area contributed by atoms with E-state index in [0.717, 1.165) is 25.9 Å². The van der Waals surface area contributed by atoms with E-state index in [1.165, 1.54) is 14.2 Å². The SMILES string of the molecule is COC(=O)[C@@H]1CC(N2CCCC2)=N[C@@]1(C#N)C(=O)OC. The van der Waals surface area contributed by atoms with Gasteiger partial charge in [-0.3, -0.25) is 4.79 Å². The Kier molecular flexibility index (Phi) is 3.93. The van der Waals surface area contributed by atoms with Crippen LogP contribution in [0.1, 0.15) is 19.3 Å². The van der Waals surface area contributed by atoms with E-state index >= 15 is 0 Å². The zero-order chi connectivity index (χ0) is 14.8. The van der Waals surface area contributed by atoms with Gasteiger partial charge in [-0.1, -0.05) is 0 Å². The van der Waals surface area contributed by atoms with E-state index in [-0.39, 0.29) is 6.42 Å². The second-order valence-corrected chi connectivity index (χ2v) is 4.87. The number of rotatable bonds is 2. The Morgan fingerprint density at radius 3 is 2.50 bits per heavy atom. The molecular weight excluding hydrogens is 262 g/mol. The van der Waals surface area contributed by atoms with Gasteiger partial charge >= 0.3 is 11.9 Å². The number of aliphatic imine (C=N–C) groups is 1. The summed E-state index contributed by atoms with van der Waals surface area (Å²) in [6.45, 7) is 1.66. The van der Waals surface area contributed by atoms with Crippen molar-refractivity contribution in [1.29, 1.82) is 5.26 Å². The molecule has 0 N–H and O–H groups in total. The van der Waals surface area contributed by atoms with Crippen LogP contribution in [0.4, 0.5) is 0 Å². The fourth-order valence-electron chi connectivity index (χ4n) is 2.72. The van der Waals surface area contributed by atoms with Crippen molar-refractivity contribution in [3.05, 3.63) is 0 Å². The molecular formula is C13H17N3O4. The van der Waals surface area contributed by atoms with Gasteiger partial charge in [0.2, 0.25) is 0 Å². The normalized spacial score (nSPS) is 28.8. The van der Waals surface area contributed by atoms with Gasteiger partial charge in [0.25, 0.3) is 5.54 Å². The smallest absolute Gasteiger partial charge is 0.349 e. The number of esters is 2. The predicted octanol–water partition coefficient (Wildman–Crippen LogP) is 0.109. The first-order chi connectivity index (χ1) is 9.58. The Hall–Kier alpha value is -2.10. The number of nitriles is 1. The molecule has 0 aromatic carbocycles. The molecule has 0 unspecified atom stereocenters. The molecule has 0 saturated carbocycles. The Balaban J connectivity index is 2.38. The molecule has 0 amide bonds. The minimum atomic E-state index is -1.82. The number of nitrogens with zero attached hydrogens (tertiary/aromatic N) is 3. The summed E-state index contributed by atoms with van der Waals surface area (Å²) >= 11 is 0. The average molecular weight is 279 g/mol. The molecule has 2 atom stereocenters. The van der Waals surface area contributed by atoms with Crippen molar-refractivity contribution in [2.24, 2.45) is 10.9 Å². The van der Waals surface area contributed by atoms with Crippen LogP contribution < -0.4 is 0 Å². The molecule has 0 aromatic rings. The van der Waals surface area contributed by atoms with Crippen molar-refractivity contribution < 1.29 is 19.1 Å². The van der Waals surface area contributed by atoms with Crippen LogP contribution >= 0.6 is 0 Å². The van der Waals surface area contributed by atoms with Gasteiger partial charge in [-0.15, -0.1) is 0 Å². The second-order valence-electron chi connectivity index (χ2n) is 4.87. The van der Waals surface area contributed by atoms with E-state index in [0.29, 0.717) is 5.84 Å². The lowest BCUT2D eigenvalue weighted by Gasteiger charge is -2.20. The van der Waals surface area contributed by atoms with Crippen LogP contribution in [0, 0.1) is 17.2 Å². The number of hydrogen-bond donors (Lipinski definition) is 0. The van der Waals surface area contributed by atoms with Crippen LogP contribution in [0.2, 0.25) is 0 Å². The maximum atomic E-state index is 12.0. The van der Waals surface area contributed by atoms with Gasteiger partial charge in [-0.05, 0) is 12.8 Å². The van der Waals surface area contributed by atoms with E-state index in [1.54, 1.807) is 0 Å². The molecule has 7 heteroatoms. The third kappa shape index (κ3) is 2.11. The van der Waals surface area contributed by atoms with Gasteiger partial charge in [-0.25, -0.2) is 9.79 Å². The molecule has 1 fully saturated rings. The van der Waals surface area contributed by atoms with Crippen molar-refractivity contribution >= 4 is 17.8 Å². The summed E-state index contributed by atoms with van der Waals surface area (Å²) < 4.78 is 9.38. The Morgan fingerprint density at radius 2 is 2.00 bits per heavy atom. The highest BCUT2D eigenvalue weighted by Crippen LogP contribution is 2.36. The summed E-state index contributed by atoms with van der Waals surface area (Å²) in [4.78, 5) is 30.1. The minimum Gasteiger partial charge on any atom is -0.469 e. The molecule has 0 radical (unpaired) electrons. The topological polar surface area (TPSA) is 92.0 Å². The Bertz CT molecular complexity index is 490. The average Bonchev–Trinajstić information content (AvgIpc) is 3.12. The lowest BCUT2D eigenvalue weighted by Crippen LogP contribution is -2.45. The summed E-state index contributed by atoms with van der Waals surface area (Å²) in [5.74, 6) is -1.76. The van der Waals surface area contributed by atoms with Crippen molar-refractivity contribution in [2.75, 3.05) is 27.3 Å². The Labute approximate surface area is 117 Å². The predicted molar refractivity (Wildman–Crippen MR) is 68.7 cm³/mol. The van der Waals surface area contributed by atoms with E-state index < -0.39 is 23.4 Å². The fraction of sp³-hybridized carbons (Fsp3) is 0.692. The van der Waals surface area contributed by atoms with Crippen LogP contribution in [0.3, 0.4) is 0 Å². The standard InChI is InChI=1S/C13H17N3O4/c1-19-11(17)9-7-10(16-5-3-4-6-16)15-13(9,8-14)12(18)20-2/h9H,3-7H2,1-2H3/t9-,13+/m0/s1. The number of hydrogen-bond acceptors (Lipinski definition) is 7. The molecule has 2 aliphatic heterocycles. The lowest BCUT2D eigenvalue weighted by molar-refractivity contribution is -0.155. The first kappa shape index (κ1) is 14.3. The Morgan fingerprint density at radius 1 is 1.35 bits per heavy atom.